The summed E-state index contributed by atoms with van der Waals surface area (Å²) in [7, 11) is 0. The summed E-state index contributed by atoms with van der Waals surface area (Å²) in [5.74, 6) is -2.45. The Morgan fingerprint density at radius 3 is 2.29 bits per heavy atom. The van der Waals surface area contributed by atoms with Crippen molar-refractivity contribution in [2.24, 2.45) is 0 Å². The molecule has 3 amide bonds. The monoisotopic (exact) mass is 571 g/mol. The second kappa shape index (κ2) is 11.7. The third-order valence-electron chi connectivity index (χ3n) is 5.36. The van der Waals surface area contributed by atoms with Gasteiger partial charge in [0.25, 0.3) is 17.7 Å². The van der Waals surface area contributed by atoms with Gasteiger partial charge in [0.2, 0.25) is 0 Å². The van der Waals surface area contributed by atoms with Crippen molar-refractivity contribution < 1.29 is 23.9 Å². The molecule has 3 aromatic rings. The Morgan fingerprint density at radius 2 is 1.55 bits per heavy atom. The first-order chi connectivity index (χ1) is 18.2. The Kier molecular flexibility index (Phi) is 8.36. The van der Waals surface area contributed by atoms with Gasteiger partial charge in [0.05, 0.1) is 22.9 Å². The van der Waals surface area contributed by atoms with Gasteiger partial charge in [-0.15, -0.1) is 0 Å². The van der Waals surface area contributed by atoms with Crippen LogP contribution in [0.1, 0.15) is 34.1 Å². The summed E-state index contributed by atoms with van der Waals surface area (Å²) in [5.41, 5.74) is 1.21. The van der Waals surface area contributed by atoms with Crippen molar-refractivity contribution in [1.29, 1.82) is 0 Å². The highest BCUT2D eigenvalue weighted by atomic mass is 35.5. The van der Waals surface area contributed by atoms with E-state index in [9.17, 15) is 19.2 Å². The molecule has 0 bridgehead atoms. The van der Waals surface area contributed by atoms with E-state index in [1.807, 2.05) is 6.92 Å². The molecule has 2 N–H and O–H groups in total. The van der Waals surface area contributed by atoms with Gasteiger partial charge in [0, 0.05) is 22.0 Å². The number of esters is 1. The average Bonchev–Trinajstić information content (AvgIpc) is 3.11. The molecule has 0 saturated heterocycles. The van der Waals surface area contributed by atoms with E-state index in [1.54, 1.807) is 36.4 Å². The predicted octanol–water partition coefficient (Wildman–Crippen LogP) is 6.25. The summed E-state index contributed by atoms with van der Waals surface area (Å²) in [4.78, 5) is 51.7. The van der Waals surface area contributed by atoms with Crippen molar-refractivity contribution in [2.75, 3.05) is 22.1 Å². The van der Waals surface area contributed by atoms with Crippen LogP contribution in [-0.2, 0) is 14.3 Å². The minimum Gasteiger partial charge on any atom is -0.462 e. The largest absolute Gasteiger partial charge is 0.462 e. The van der Waals surface area contributed by atoms with Crippen LogP contribution in [0.3, 0.4) is 0 Å². The van der Waals surface area contributed by atoms with Crippen LogP contribution in [0.15, 0.2) is 77.5 Å². The Labute approximate surface area is 233 Å². The van der Waals surface area contributed by atoms with Gasteiger partial charge in [-0.3, -0.25) is 14.4 Å². The Morgan fingerprint density at radius 1 is 0.868 bits per heavy atom. The van der Waals surface area contributed by atoms with Crippen molar-refractivity contribution in [1.82, 2.24) is 0 Å². The molecule has 1 heterocycles. The highest BCUT2D eigenvalue weighted by Gasteiger charge is 2.40. The maximum atomic E-state index is 13.1. The van der Waals surface area contributed by atoms with Crippen LogP contribution in [0.2, 0.25) is 10.0 Å². The summed E-state index contributed by atoms with van der Waals surface area (Å²) < 4.78 is 5.13. The fourth-order valence-electron chi connectivity index (χ4n) is 3.58. The van der Waals surface area contributed by atoms with Crippen LogP contribution >= 0.6 is 34.8 Å². The zero-order chi connectivity index (χ0) is 27.4. The van der Waals surface area contributed by atoms with E-state index in [-0.39, 0.29) is 32.0 Å². The molecule has 38 heavy (non-hydrogen) atoms. The number of hydrogen-bond acceptors (Lipinski definition) is 6. The molecule has 1 aliphatic rings. The average molecular weight is 573 g/mol. The van der Waals surface area contributed by atoms with Crippen LogP contribution < -0.4 is 15.5 Å². The van der Waals surface area contributed by atoms with Crippen molar-refractivity contribution in [3.05, 3.63) is 98.6 Å². The van der Waals surface area contributed by atoms with Crippen LogP contribution in [0, 0.1) is 0 Å². The summed E-state index contributed by atoms with van der Waals surface area (Å²) >= 11 is 18.4. The molecule has 3 aromatic carbocycles. The predicted molar refractivity (Wildman–Crippen MR) is 147 cm³/mol. The zero-order valence-corrected chi connectivity index (χ0v) is 22.2. The second-order valence-corrected chi connectivity index (χ2v) is 9.33. The molecule has 11 heteroatoms. The second-order valence-electron chi connectivity index (χ2n) is 8.11. The number of nitrogens with zero attached hydrogens (tertiary/aromatic N) is 1. The van der Waals surface area contributed by atoms with E-state index >= 15 is 0 Å². The van der Waals surface area contributed by atoms with E-state index in [4.69, 9.17) is 39.5 Å². The maximum absolute atomic E-state index is 13.1. The van der Waals surface area contributed by atoms with Crippen molar-refractivity contribution in [2.45, 2.75) is 13.3 Å². The van der Waals surface area contributed by atoms with E-state index in [0.717, 1.165) is 4.90 Å². The fourth-order valence-corrected chi connectivity index (χ4v) is 4.16. The number of imide groups is 1. The first-order valence-electron chi connectivity index (χ1n) is 11.4. The van der Waals surface area contributed by atoms with E-state index in [2.05, 4.69) is 10.6 Å². The van der Waals surface area contributed by atoms with Crippen LogP contribution in [-0.4, -0.2) is 30.3 Å². The van der Waals surface area contributed by atoms with Gasteiger partial charge >= 0.3 is 5.97 Å². The molecule has 0 spiro atoms. The lowest BCUT2D eigenvalue weighted by Crippen LogP contribution is -2.32. The SMILES string of the molecule is CCCOC(=O)c1cccc(NC(=O)c2cccc(NC3=C(Cl)C(=O)N(c4cc(Cl)ccc4Cl)C3=O)c2)c1. The highest BCUT2D eigenvalue weighted by molar-refractivity contribution is 6.54. The highest BCUT2D eigenvalue weighted by Crippen LogP contribution is 2.36. The number of carbonyl (C=O) groups excluding carboxylic acids is 4. The van der Waals surface area contributed by atoms with Crippen LogP contribution in [0.25, 0.3) is 0 Å². The Bertz CT molecular complexity index is 1490. The maximum Gasteiger partial charge on any atom is 0.338 e. The van der Waals surface area contributed by atoms with Gasteiger partial charge < -0.3 is 15.4 Å². The van der Waals surface area contributed by atoms with E-state index in [0.29, 0.717) is 30.0 Å². The lowest BCUT2D eigenvalue weighted by Gasteiger charge is -2.17. The lowest BCUT2D eigenvalue weighted by atomic mass is 10.1. The molecule has 0 aliphatic carbocycles. The number of ether oxygens (including phenoxy) is 1. The first kappa shape index (κ1) is 27.2. The van der Waals surface area contributed by atoms with Gasteiger partial charge in [0.1, 0.15) is 10.7 Å². The summed E-state index contributed by atoms with van der Waals surface area (Å²) in [5, 5.41) is 5.64. The van der Waals surface area contributed by atoms with Gasteiger partial charge in [-0.1, -0.05) is 53.9 Å². The third-order valence-corrected chi connectivity index (χ3v) is 6.27. The molecule has 0 unspecified atom stereocenters. The summed E-state index contributed by atoms with van der Waals surface area (Å²) in [6.45, 7) is 2.19. The summed E-state index contributed by atoms with van der Waals surface area (Å²) in [6, 6.07) is 17.0. The normalized spacial score (nSPS) is 13.1. The number of rotatable bonds is 8. The number of amides is 3. The molecule has 0 aromatic heterocycles. The number of hydrogen-bond donors (Lipinski definition) is 2. The van der Waals surface area contributed by atoms with Gasteiger partial charge in [0.15, 0.2) is 0 Å². The third kappa shape index (κ3) is 5.83. The van der Waals surface area contributed by atoms with Gasteiger partial charge in [-0.25, -0.2) is 9.69 Å². The molecule has 1 aliphatic heterocycles. The lowest BCUT2D eigenvalue weighted by molar-refractivity contribution is -0.120. The topological polar surface area (TPSA) is 105 Å². The number of anilines is 3. The van der Waals surface area contributed by atoms with Crippen LogP contribution in [0.4, 0.5) is 17.1 Å². The zero-order valence-electron chi connectivity index (χ0n) is 19.9. The number of carbonyl (C=O) groups is 4. The molecule has 0 radical (unpaired) electrons. The number of benzene rings is 3. The molecule has 0 saturated carbocycles. The molecule has 0 fully saturated rings. The summed E-state index contributed by atoms with van der Waals surface area (Å²) in [6.07, 6.45) is 0.695. The molecular weight excluding hydrogens is 553 g/mol. The molecular formula is C27H20Cl3N3O5. The van der Waals surface area contributed by atoms with E-state index in [1.165, 1.54) is 30.3 Å². The Hall–Kier alpha value is -3.85. The molecule has 8 nitrogen and oxygen atoms in total. The van der Waals surface area contributed by atoms with Crippen LogP contribution in [0.5, 0.6) is 0 Å². The number of nitrogens with one attached hydrogen (secondary N) is 2. The van der Waals surface area contributed by atoms with Crippen molar-refractivity contribution in [3.63, 3.8) is 0 Å². The van der Waals surface area contributed by atoms with Gasteiger partial charge in [-0.05, 0) is 61.0 Å². The minimum absolute atomic E-state index is 0.0954. The minimum atomic E-state index is -0.769. The fraction of sp³-hybridized carbons (Fsp3) is 0.111. The smallest absolute Gasteiger partial charge is 0.338 e. The van der Waals surface area contributed by atoms with Gasteiger partial charge in [-0.2, -0.15) is 0 Å². The standard InChI is InChI=1S/C27H20Cl3N3O5/c1-2-11-38-27(37)16-6-4-8-19(13-16)32-24(34)15-5-3-7-18(12-15)31-23-22(30)25(35)33(26(23)36)21-14-17(28)9-10-20(21)29/h3-10,12-14,31H,2,11H2,1H3,(H,32,34). The molecule has 4 rings (SSSR count). The quantitative estimate of drug-likeness (QED) is 0.244. The number of halogens is 3. The van der Waals surface area contributed by atoms with Crippen molar-refractivity contribution >= 4 is 75.6 Å². The molecule has 194 valence electrons. The van der Waals surface area contributed by atoms with E-state index < -0.39 is 23.7 Å². The Balaban J connectivity index is 1.50. The van der Waals surface area contributed by atoms with Crippen molar-refractivity contribution in [3.8, 4) is 0 Å². The molecule has 0 atom stereocenters. The first-order valence-corrected chi connectivity index (χ1v) is 12.5.